The van der Waals surface area contributed by atoms with Gasteiger partial charge in [-0.3, -0.25) is 34.1 Å². The van der Waals surface area contributed by atoms with Gasteiger partial charge in [0.1, 0.15) is 24.4 Å². The van der Waals surface area contributed by atoms with Crippen molar-refractivity contribution in [3.05, 3.63) is 63.8 Å². The predicted molar refractivity (Wildman–Crippen MR) is 317 cm³/mol. The van der Waals surface area contributed by atoms with Gasteiger partial charge in [-0.2, -0.15) is 0 Å². The number of pyridine rings is 1. The molecule has 0 aliphatic carbocycles. The zero-order valence-corrected chi connectivity index (χ0v) is 52.7. The summed E-state index contributed by atoms with van der Waals surface area (Å²) in [6.45, 7) is 11.6. The van der Waals surface area contributed by atoms with Crippen molar-refractivity contribution >= 4 is 57.0 Å². The second kappa shape index (κ2) is 54.4. The molecule has 9 N–H and O–H groups in total. The average Bonchev–Trinajstić information content (AvgIpc) is 3.73. The summed E-state index contributed by atoms with van der Waals surface area (Å²) in [7, 11) is 7.23. The van der Waals surface area contributed by atoms with Crippen molar-refractivity contribution in [2.75, 3.05) is 93.9 Å². The molecule has 1 heterocycles. The van der Waals surface area contributed by atoms with Crippen molar-refractivity contribution in [1.29, 1.82) is 0 Å². The number of methoxy groups -OCH3 is 3. The topological polar surface area (TPSA) is 399 Å². The molecule has 2 amide bonds. The van der Waals surface area contributed by atoms with Crippen LogP contribution in [0.3, 0.4) is 0 Å². The van der Waals surface area contributed by atoms with Gasteiger partial charge < -0.3 is 93.7 Å². The van der Waals surface area contributed by atoms with E-state index in [1.165, 1.54) is 44.4 Å². The molecule has 86 heavy (non-hydrogen) atoms. The largest absolute Gasteiger partial charge is 0.481 e. The lowest BCUT2D eigenvalue weighted by molar-refractivity contribution is -0.385. The van der Waals surface area contributed by atoms with E-state index in [0.29, 0.717) is 49.3 Å². The number of nitro groups is 1. The summed E-state index contributed by atoms with van der Waals surface area (Å²) in [4.78, 5) is 72.3. The molecule has 1 aromatic carbocycles. The van der Waals surface area contributed by atoms with Gasteiger partial charge in [0.25, 0.3) is 11.6 Å². The number of benzene rings is 1. The van der Waals surface area contributed by atoms with Crippen LogP contribution in [-0.2, 0) is 66.5 Å². The Morgan fingerprint density at radius 1 is 0.605 bits per heavy atom. The summed E-state index contributed by atoms with van der Waals surface area (Å²) >= 11 is 0. The molecule has 496 valence electrons. The zero-order valence-electron chi connectivity index (χ0n) is 51.1. The number of amides is 2. The maximum Gasteiger partial charge on any atom is 0.305 e. The third-order valence-electron chi connectivity index (χ3n) is 11.5. The van der Waals surface area contributed by atoms with Crippen molar-refractivity contribution in [3.8, 4) is 0 Å². The summed E-state index contributed by atoms with van der Waals surface area (Å²) < 4.78 is 51.3. The normalized spacial score (nSPS) is 14.0. The first-order valence-corrected chi connectivity index (χ1v) is 30.6. The quantitative estimate of drug-likeness (QED) is 0.0109. The van der Waals surface area contributed by atoms with E-state index in [2.05, 4.69) is 15.6 Å². The van der Waals surface area contributed by atoms with Gasteiger partial charge >= 0.3 is 17.9 Å². The van der Waals surface area contributed by atoms with Crippen molar-refractivity contribution in [2.24, 2.45) is 0 Å². The maximum atomic E-state index is 12.5. The van der Waals surface area contributed by atoms with Crippen LogP contribution in [0.25, 0.3) is 0 Å². The van der Waals surface area contributed by atoms with Crippen LogP contribution in [0.15, 0.2) is 47.6 Å². The van der Waals surface area contributed by atoms with Gasteiger partial charge in [0.2, 0.25) is 5.91 Å². The lowest BCUT2D eigenvalue weighted by Gasteiger charge is -2.21. The lowest BCUT2D eigenvalue weighted by atomic mass is 10.1. The summed E-state index contributed by atoms with van der Waals surface area (Å²) in [6, 6.07) is 10.2. The van der Waals surface area contributed by atoms with E-state index in [1.54, 1.807) is 29.0 Å². The Labute approximate surface area is 512 Å². The number of ether oxygens (including phenoxy) is 10. The van der Waals surface area contributed by atoms with E-state index in [-0.39, 0.29) is 139 Å². The number of aliphatic hydroxyl groups excluding tert-OH is 6. The molecule has 0 fully saturated rings. The number of carboxylic acids is 1. The summed E-state index contributed by atoms with van der Waals surface area (Å²) in [6.07, 6.45) is 1.44. The number of aromatic nitrogens is 1. The molecule has 0 saturated heterocycles. The minimum absolute atomic E-state index is 0.0392. The Morgan fingerprint density at radius 2 is 1.06 bits per heavy atom. The number of rotatable bonds is 45. The lowest BCUT2D eigenvalue weighted by Crippen LogP contribution is -2.34. The maximum absolute atomic E-state index is 12.5. The van der Waals surface area contributed by atoms with Crippen molar-refractivity contribution in [3.63, 3.8) is 0 Å². The third kappa shape index (κ3) is 42.2. The summed E-state index contributed by atoms with van der Waals surface area (Å²) in [5.74, 6) is -2.44. The van der Waals surface area contributed by atoms with Crippen LogP contribution in [0.1, 0.15) is 133 Å². The van der Waals surface area contributed by atoms with Gasteiger partial charge in [-0.1, -0.05) is 57.5 Å². The molecule has 0 spiro atoms. The smallest absolute Gasteiger partial charge is 0.305 e. The highest BCUT2D eigenvalue weighted by atomic mass is 33.1. The molecule has 0 aliphatic heterocycles. The molecular formula is C56H96N4O24S2. The molecule has 0 radical (unpaired) electrons. The first kappa shape index (κ1) is 83.3. The van der Waals surface area contributed by atoms with Gasteiger partial charge in [-0.05, 0) is 86.4 Å². The van der Waals surface area contributed by atoms with Gasteiger partial charge in [0.15, 0.2) is 25.2 Å². The van der Waals surface area contributed by atoms with E-state index in [4.69, 9.17) is 78.0 Å². The summed E-state index contributed by atoms with van der Waals surface area (Å²) in [5.41, 5.74) is 1.43. The number of nitrogens with one attached hydrogen (secondary N) is 2. The highest BCUT2D eigenvalue weighted by molar-refractivity contribution is 8.76. The number of hydrogen-bond acceptors (Lipinski definition) is 26. The van der Waals surface area contributed by atoms with Crippen molar-refractivity contribution < 1.29 is 112 Å². The Balaban J connectivity index is 0. The Morgan fingerprint density at radius 3 is 1.45 bits per heavy atom. The Kier molecular flexibility index (Phi) is 52.7. The zero-order chi connectivity index (χ0) is 65.1. The van der Waals surface area contributed by atoms with Crippen LogP contribution in [0.4, 0.5) is 5.69 Å². The fraction of sp³-hybridized carbons (Fsp3) is 0.714. The van der Waals surface area contributed by atoms with E-state index >= 15 is 0 Å². The van der Waals surface area contributed by atoms with E-state index in [1.807, 2.05) is 53.7 Å². The highest BCUT2D eigenvalue weighted by Crippen LogP contribution is 2.41. The molecule has 0 aliphatic rings. The van der Waals surface area contributed by atoms with Crippen LogP contribution >= 0.6 is 21.6 Å². The number of carbonyl (C=O) groups excluding carboxylic acids is 4. The highest BCUT2D eigenvalue weighted by Gasteiger charge is 2.20. The molecule has 28 nitrogen and oxygen atoms in total. The average molecular weight is 1270 g/mol. The van der Waals surface area contributed by atoms with Gasteiger partial charge in [-0.25, -0.2) is 4.98 Å². The predicted octanol–water partition coefficient (Wildman–Crippen LogP) is 4.61. The van der Waals surface area contributed by atoms with E-state index < -0.39 is 54.1 Å². The Bertz CT molecular complexity index is 2030. The molecule has 30 heteroatoms. The molecule has 0 bridgehead atoms. The van der Waals surface area contributed by atoms with E-state index in [9.17, 15) is 39.2 Å². The Hall–Kier alpha value is -4.74. The van der Waals surface area contributed by atoms with Crippen LogP contribution in [0.5, 0.6) is 0 Å². The van der Waals surface area contributed by atoms with Crippen LogP contribution in [-0.4, -0.2) is 219 Å². The van der Waals surface area contributed by atoms with E-state index in [0.717, 1.165) is 12.0 Å². The summed E-state index contributed by atoms with van der Waals surface area (Å²) in [5, 5.41) is 78.6. The standard InChI is InChI=1S/C28H38N4O9S2.C12H22O7.C9H20O4.C7H16O4/c1-4-23(17-33)41-27(39-3)18-40-26(35)7-5-6-24(34)29-14-15-30-28(36)21-10-8-20(9-11-21)19(2)42-43-25-13-12-22(16-31-25)32(37)38;1-3-9(7-13)19-12(17-2)8-18-11(16)6-4-5-10(14)15;1-3-5-12-9(7-11)13-8(4-2)6-10;1-3-6(4-8)11-7(5-9)10-2/h8-13,16,19,23,27,33H,4-7,14-15,17-18H2,1-3H3,(H,29,34)(H,30,36);9,12-13H,3-8H2,1-2H3,(H,14,15);8-11H,3-7H2,1-2H3;6-9H,3-5H2,1-2H3. The van der Waals surface area contributed by atoms with Gasteiger partial charge in [-0.15, -0.1) is 0 Å². The fourth-order valence-corrected chi connectivity index (χ4v) is 8.33. The molecule has 1 aromatic heterocycles. The minimum atomic E-state index is -0.945. The van der Waals surface area contributed by atoms with Crippen molar-refractivity contribution in [1.82, 2.24) is 15.6 Å². The third-order valence-corrected chi connectivity index (χ3v) is 14.2. The number of aliphatic hydroxyl groups is 6. The van der Waals surface area contributed by atoms with Crippen LogP contribution < -0.4 is 10.6 Å². The molecule has 9 atom stereocenters. The number of carbonyl (C=O) groups is 5. The van der Waals surface area contributed by atoms with Crippen molar-refractivity contribution in [2.45, 2.75) is 172 Å². The molecule has 2 rings (SSSR count). The minimum Gasteiger partial charge on any atom is -0.481 e. The molecular weight excluding hydrogens is 1180 g/mol. The molecule has 2 aromatic rings. The second-order valence-electron chi connectivity index (χ2n) is 18.2. The number of carboxylic acid groups (broad SMARTS) is 1. The van der Waals surface area contributed by atoms with Gasteiger partial charge in [0.05, 0.1) is 69.0 Å². The number of nitrogens with zero attached hydrogens (tertiary/aromatic N) is 2. The SMILES string of the molecule is CCC(CO)OC(CO)OC.CCC(CO)OC(COC(=O)CCCC(=O)NCCNC(=O)c1ccc(C(C)SSc2ccc([N+](=O)[O-])cn2)cc1)OC.CCC(CO)OC(COC(=O)CCCC(=O)O)OC.CCCOC(CO)OC(CC)CO. The molecule has 0 saturated carbocycles. The van der Waals surface area contributed by atoms with Crippen LogP contribution in [0, 0.1) is 10.1 Å². The van der Waals surface area contributed by atoms with Gasteiger partial charge in [0, 0.05) is 83.6 Å². The number of aliphatic carboxylic acids is 1. The number of hydrogen-bond donors (Lipinski definition) is 9. The number of esters is 2. The first-order chi connectivity index (χ1) is 41.2. The second-order valence-corrected chi connectivity index (χ2v) is 20.7. The monoisotopic (exact) mass is 1270 g/mol. The molecule has 9 unspecified atom stereocenters. The first-order valence-electron chi connectivity index (χ1n) is 28.3. The fourth-order valence-electron chi connectivity index (χ4n) is 6.24. The van der Waals surface area contributed by atoms with Crippen LogP contribution in [0.2, 0.25) is 0 Å².